The highest BCUT2D eigenvalue weighted by Gasteiger charge is 2.40. The molecule has 1 aromatic rings. The highest BCUT2D eigenvalue weighted by Crippen LogP contribution is 2.42. The molecule has 94 valence electrons. The number of anilines is 2. The van der Waals surface area contributed by atoms with Crippen LogP contribution >= 0.6 is 0 Å². The molecule has 0 radical (unpaired) electrons. The van der Waals surface area contributed by atoms with Gasteiger partial charge in [0, 0.05) is 18.5 Å². The standard InChI is InChI=1S/C15H24N2/c1-5-15(6-2)9-17(10-15)14-8-12(4)11(3)7-13(14)16/h7-8H,5-6,9-10,16H2,1-4H3. The fourth-order valence-electron chi connectivity index (χ4n) is 2.73. The zero-order chi connectivity index (χ0) is 12.6. The maximum atomic E-state index is 6.13. The van der Waals surface area contributed by atoms with Gasteiger partial charge in [0.05, 0.1) is 11.4 Å². The summed E-state index contributed by atoms with van der Waals surface area (Å²) < 4.78 is 0. The maximum Gasteiger partial charge on any atom is 0.0603 e. The second-order valence-corrected chi connectivity index (χ2v) is 5.56. The summed E-state index contributed by atoms with van der Waals surface area (Å²) in [5.74, 6) is 0. The van der Waals surface area contributed by atoms with Crippen molar-refractivity contribution < 1.29 is 0 Å². The molecule has 1 aromatic carbocycles. The minimum atomic E-state index is 0.533. The van der Waals surface area contributed by atoms with Crippen molar-refractivity contribution in [2.75, 3.05) is 23.7 Å². The van der Waals surface area contributed by atoms with Crippen molar-refractivity contribution in [2.45, 2.75) is 40.5 Å². The van der Waals surface area contributed by atoms with Crippen LogP contribution in [0.5, 0.6) is 0 Å². The number of nitrogens with two attached hydrogens (primary N) is 1. The van der Waals surface area contributed by atoms with Gasteiger partial charge in [-0.3, -0.25) is 0 Å². The van der Waals surface area contributed by atoms with E-state index in [0.29, 0.717) is 5.41 Å². The lowest BCUT2D eigenvalue weighted by atomic mass is 9.75. The second-order valence-electron chi connectivity index (χ2n) is 5.56. The third-order valence-corrected chi connectivity index (χ3v) is 4.54. The summed E-state index contributed by atoms with van der Waals surface area (Å²) in [7, 11) is 0. The Hall–Kier alpha value is -1.18. The minimum Gasteiger partial charge on any atom is -0.397 e. The number of hydrogen-bond donors (Lipinski definition) is 1. The molecule has 0 amide bonds. The molecule has 2 nitrogen and oxygen atoms in total. The molecule has 1 aliphatic rings. The first-order valence-corrected chi connectivity index (χ1v) is 6.63. The van der Waals surface area contributed by atoms with Gasteiger partial charge in [-0.1, -0.05) is 13.8 Å². The molecular formula is C15H24N2. The molecule has 1 fully saturated rings. The van der Waals surface area contributed by atoms with E-state index in [-0.39, 0.29) is 0 Å². The molecule has 17 heavy (non-hydrogen) atoms. The topological polar surface area (TPSA) is 29.3 Å². The third-order valence-electron chi connectivity index (χ3n) is 4.54. The van der Waals surface area contributed by atoms with Gasteiger partial charge in [0.1, 0.15) is 0 Å². The number of rotatable bonds is 3. The molecule has 0 unspecified atom stereocenters. The van der Waals surface area contributed by atoms with Crippen LogP contribution in [0.4, 0.5) is 11.4 Å². The van der Waals surface area contributed by atoms with E-state index in [0.717, 1.165) is 18.8 Å². The summed E-state index contributed by atoms with van der Waals surface area (Å²) in [4.78, 5) is 2.43. The van der Waals surface area contributed by atoms with E-state index in [2.05, 4.69) is 44.7 Å². The zero-order valence-electron chi connectivity index (χ0n) is 11.5. The summed E-state index contributed by atoms with van der Waals surface area (Å²) >= 11 is 0. The van der Waals surface area contributed by atoms with Gasteiger partial charge in [-0.2, -0.15) is 0 Å². The van der Waals surface area contributed by atoms with Crippen molar-refractivity contribution in [3.05, 3.63) is 23.3 Å². The molecule has 0 atom stereocenters. The highest BCUT2D eigenvalue weighted by atomic mass is 15.2. The number of aryl methyl sites for hydroxylation is 2. The van der Waals surface area contributed by atoms with Gasteiger partial charge in [0.2, 0.25) is 0 Å². The Bertz CT molecular complexity index is 411. The smallest absolute Gasteiger partial charge is 0.0603 e. The Morgan fingerprint density at radius 1 is 1.12 bits per heavy atom. The highest BCUT2D eigenvalue weighted by molar-refractivity contribution is 5.71. The lowest BCUT2D eigenvalue weighted by Crippen LogP contribution is -2.56. The van der Waals surface area contributed by atoms with E-state index in [1.165, 1.54) is 29.7 Å². The average molecular weight is 232 g/mol. The Kier molecular flexibility index (Phi) is 3.07. The third kappa shape index (κ3) is 2.01. The first-order chi connectivity index (χ1) is 8.01. The Balaban J connectivity index is 2.19. The lowest BCUT2D eigenvalue weighted by Gasteiger charge is -2.51. The maximum absolute atomic E-state index is 6.13. The first kappa shape index (κ1) is 12.3. The van der Waals surface area contributed by atoms with Crippen LogP contribution in [0.25, 0.3) is 0 Å². The van der Waals surface area contributed by atoms with E-state index >= 15 is 0 Å². The van der Waals surface area contributed by atoms with Gasteiger partial charge in [-0.25, -0.2) is 0 Å². The Morgan fingerprint density at radius 3 is 2.18 bits per heavy atom. The van der Waals surface area contributed by atoms with Gasteiger partial charge in [-0.05, 0) is 49.9 Å². The van der Waals surface area contributed by atoms with Crippen LogP contribution in [-0.4, -0.2) is 13.1 Å². The van der Waals surface area contributed by atoms with Crippen molar-refractivity contribution >= 4 is 11.4 Å². The molecule has 0 spiro atoms. The SMILES string of the molecule is CCC1(CC)CN(c2cc(C)c(C)cc2N)C1. The molecule has 2 N–H and O–H groups in total. The molecular weight excluding hydrogens is 208 g/mol. The number of nitrogen functional groups attached to an aromatic ring is 1. The van der Waals surface area contributed by atoms with E-state index < -0.39 is 0 Å². The normalized spacial score (nSPS) is 18.0. The largest absolute Gasteiger partial charge is 0.397 e. The van der Waals surface area contributed by atoms with E-state index in [4.69, 9.17) is 5.73 Å². The van der Waals surface area contributed by atoms with Crippen LogP contribution in [0.3, 0.4) is 0 Å². The number of hydrogen-bond acceptors (Lipinski definition) is 2. The van der Waals surface area contributed by atoms with Gasteiger partial charge in [0.15, 0.2) is 0 Å². The van der Waals surface area contributed by atoms with Gasteiger partial charge in [0.25, 0.3) is 0 Å². The molecule has 2 heteroatoms. The fourth-order valence-corrected chi connectivity index (χ4v) is 2.73. The fraction of sp³-hybridized carbons (Fsp3) is 0.600. The van der Waals surface area contributed by atoms with Crippen LogP contribution in [0, 0.1) is 19.3 Å². The summed E-state index contributed by atoms with van der Waals surface area (Å²) in [6, 6.07) is 4.34. The quantitative estimate of drug-likeness (QED) is 0.808. The molecule has 0 bridgehead atoms. The van der Waals surface area contributed by atoms with Gasteiger partial charge < -0.3 is 10.6 Å². The minimum absolute atomic E-state index is 0.533. The second kappa shape index (κ2) is 4.25. The summed E-state index contributed by atoms with van der Waals surface area (Å²) in [6.45, 7) is 11.2. The molecule has 1 heterocycles. The van der Waals surface area contributed by atoms with Crippen molar-refractivity contribution in [3.63, 3.8) is 0 Å². The van der Waals surface area contributed by atoms with Gasteiger partial charge in [-0.15, -0.1) is 0 Å². The molecule has 1 aliphatic heterocycles. The predicted octanol–water partition coefficient (Wildman–Crippen LogP) is 3.51. The zero-order valence-corrected chi connectivity index (χ0v) is 11.5. The first-order valence-electron chi connectivity index (χ1n) is 6.63. The van der Waals surface area contributed by atoms with E-state index in [9.17, 15) is 0 Å². The van der Waals surface area contributed by atoms with Crippen molar-refractivity contribution in [2.24, 2.45) is 5.41 Å². The van der Waals surface area contributed by atoms with Crippen molar-refractivity contribution in [3.8, 4) is 0 Å². The van der Waals surface area contributed by atoms with Crippen LogP contribution in [0.2, 0.25) is 0 Å². The summed E-state index contributed by atoms with van der Waals surface area (Å²) in [5, 5.41) is 0. The lowest BCUT2D eigenvalue weighted by molar-refractivity contribution is 0.195. The number of nitrogens with zero attached hydrogens (tertiary/aromatic N) is 1. The summed E-state index contributed by atoms with van der Waals surface area (Å²) in [5.41, 5.74) is 11.4. The van der Waals surface area contributed by atoms with Crippen LogP contribution in [-0.2, 0) is 0 Å². The van der Waals surface area contributed by atoms with Crippen molar-refractivity contribution in [1.29, 1.82) is 0 Å². The van der Waals surface area contributed by atoms with E-state index in [1.54, 1.807) is 0 Å². The number of benzene rings is 1. The Labute approximate surface area is 105 Å². The molecule has 2 rings (SSSR count). The van der Waals surface area contributed by atoms with Crippen molar-refractivity contribution in [1.82, 2.24) is 0 Å². The van der Waals surface area contributed by atoms with Gasteiger partial charge >= 0.3 is 0 Å². The van der Waals surface area contributed by atoms with E-state index in [1.807, 2.05) is 0 Å². The average Bonchev–Trinajstić information content (AvgIpc) is 2.25. The molecule has 1 saturated heterocycles. The predicted molar refractivity (Wildman–Crippen MR) is 75.6 cm³/mol. The van der Waals surface area contributed by atoms with Crippen LogP contribution in [0.1, 0.15) is 37.8 Å². The van der Waals surface area contributed by atoms with Crippen LogP contribution < -0.4 is 10.6 Å². The molecule has 0 aromatic heterocycles. The van der Waals surface area contributed by atoms with Crippen LogP contribution in [0.15, 0.2) is 12.1 Å². The Morgan fingerprint density at radius 2 is 1.65 bits per heavy atom. The molecule has 0 saturated carbocycles. The summed E-state index contributed by atoms with van der Waals surface area (Å²) in [6.07, 6.45) is 2.54. The molecule has 0 aliphatic carbocycles. The monoisotopic (exact) mass is 232 g/mol.